The number of oxazole rings is 1. The molecule has 7 nitrogen and oxygen atoms in total. The summed E-state index contributed by atoms with van der Waals surface area (Å²) >= 11 is 0. The number of hydrogen-bond acceptors (Lipinski definition) is 5. The summed E-state index contributed by atoms with van der Waals surface area (Å²) in [6.45, 7) is 1.71. The molecular formula is C21H19N3O4. The molecular weight excluding hydrogens is 358 g/mol. The molecule has 1 aliphatic heterocycles. The maximum atomic E-state index is 12.4. The van der Waals surface area contributed by atoms with Crippen LogP contribution < -0.4 is 15.0 Å². The molecule has 28 heavy (non-hydrogen) atoms. The number of para-hydroxylation sites is 2. The van der Waals surface area contributed by atoms with Crippen LogP contribution in [0, 0.1) is 0 Å². The van der Waals surface area contributed by atoms with E-state index < -0.39 is 6.10 Å². The first kappa shape index (κ1) is 17.8. The minimum atomic E-state index is -0.636. The van der Waals surface area contributed by atoms with Gasteiger partial charge in [-0.05, 0) is 19.1 Å². The Morgan fingerprint density at radius 1 is 1.14 bits per heavy atom. The van der Waals surface area contributed by atoms with Gasteiger partial charge in [0.25, 0.3) is 5.91 Å². The van der Waals surface area contributed by atoms with Crippen LogP contribution in [-0.2, 0) is 16.1 Å². The largest absolute Gasteiger partial charge is 0.479 e. The third-order valence-corrected chi connectivity index (χ3v) is 4.42. The van der Waals surface area contributed by atoms with Gasteiger partial charge in [0.15, 0.2) is 11.9 Å². The van der Waals surface area contributed by atoms with Crippen LogP contribution in [0.25, 0.3) is 11.3 Å². The topological polar surface area (TPSA) is 84.7 Å². The molecule has 0 radical (unpaired) electrons. The van der Waals surface area contributed by atoms with Gasteiger partial charge < -0.3 is 14.5 Å². The molecule has 3 aromatic rings. The Balaban J connectivity index is 1.40. The average Bonchev–Trinajstić information content (AvgIpc) is 3.20. The van der Waals surface area contributed by atoms with Crippen molar-refractivity contribution >= 4 is 17.5 Å². The van der Waals surface area contributed by atoms with Crippen LogP contribution in [0.2, 0.25) is 0 Å². The van der Waals surface area contributed by atoms with Gasteiger partial charge in [0.1, 0.15) is 12.3 Å². The maximum Gasteiger partial charge on any atom is 0.268 e. The van der Waals surface area contributed by atoms with Gasteiger partial charge in [-0.3, -0.25) is 14.5 Å². The van der Waals surface area contributed by atoms with Crippen molar-refractivity contribution in [2.24, 2.45) is 0 Å². The number of amides is 2. The number of fused-ring (bicyclic) bond motifs is 1. The van der Waals surface area contributed by atoms with Gasteiger partial charge in [-0.25, -0.2) is 4.98 Å². The zero-order valence-electron chi connectivity index (χ0n) is 15.3. The van der Waals surface area contributed by atoms with Gasteiger partial charge in [0.2, 0.25) is 11.8 Å². The first-order chi connectivity index (χ1) is 13.6. The standard InChI is InChI=1S/C21H19N3O4/c1-14-21(26)24(16-9-5-6-10-17(16)27-14)13-19(25)22-12-20-23-11-18(28-20)15-7-3-2-4-8-15/h2-11,14H,12-13H2,1H3,(H,22,25). The molecule has 1 atom stereocenters. The molecule has 1 unspecified atom stereocenters. The Morgan fingerprint density at radius 3 is 2.71 bits per heavy atom. The highest BCUT2D eigenvalue weighted by Gasteiger charge is 2.32. The number of nitrogens with one attached hydrogen (secondary N) is 1. The second-order valence-corrected chi connectivity index (χ2v) is 6.41. The second kappa shape index (κ2) is 7.56. The molecule has 1 aliphatic rings. The van der Waals surface area contributed by atoms with Crippen molar-refractivity contribution in [1.82, 2.24) is 10.3 Å². The van der Waals surface area contributed by atoms with E-state index in [0.717, 1.165) is 5.56 Å². The van der Waals surface area contributed by atoms with Crippen LogP contribution in [0.1, 0.15) is 12.8 Å². The van der Waals surface area contributed by atoms with E-state index in [1.54, 1.807) is 31.3 Å². The molecule has 0 fully saturated rings. The molecule has 7 heteroatoms. The summed E-state index contributed by atoms with van der Waals surface area (Å²) in [5.41, 5.74) is 1.50. The Morgan fingerprint density at radius 2 is 1.89 bits per heavy atom. The van der Waals surface area contributed by atoms with Crippen molar-refractivity contribution in [3.63, 3.8) is 0 Å². The average molecular weight is 377 g/mol. The highest BCUT2D eigenvalue weighted by atomic mass is 16.5. The minimum absolute atomic E-state index is 0.101. The molecule has 0 bridgehead atoms. The summed E-state index contributed by atoms with van der Waals surface area (Å²) in [4.78, 5) is 30.5. The lowest BCUT2D eigenvalue weighted by Gasteiger charge is -2.32. The van der Waals surface area contributed by atoms with E-state index in [-0.39, 0.29) is 24.9 Å². The van der Waals surface area contributed by atoms with Gasteiger partial charge in [0.05, 0.1) is 18.4 Å². The van der Waals surface area contributed by atoms with E-state index >= 15 is 0 Å². The molecule has 142 valence electrons. The van der Waals surface area contributed by atoms with E-state index in [1.807, 2.05) is 36.4 Å². The molecule has 1 aromatic heterocycles. The minimum Gasteiger partial charge on any atom is -0.479 e. The van der Waals surface area contributed by atoms with Gasteiger partial charge in [0, 0.05) is 5.56 Å². The quantitative estimate of drug-likeness (QED) is 0.739. The Hall–Kier alpha value is -3.61. The van der Waals surface area contributed by atoms with Crippen LogP contribution in [-0.4, -0.2) is 29.4 Å². The fraction of sp³-hybridized carbons (Fsp3) is 0.190. The summed E-state index contributed by atoms with van der Waals surface area (Å²) in [6, 6.07) is 16.8. The fourth-order valence-electron chi connectivity index (χ4n) is 3.02. The summed E-state index contributed by atoms with van der Waals surface area (Å²) < 4.78 is 11.3. The van der Waals surface area contributed by atoms with Crippen LogP contribution in [0.3, 0.4) is 0 Å². The Kier molecular flexibility index (Phi) is 4.80. The number of nitrogens with zero attached hydrogens (tertiary/aromatic N) is 2. The second-order valence-electron chi connectivity index (χ2n) is 6.41. The van der Waals surface area contributed by atoms with E-state index in [0.29, 0.717) is 23.1 Å². The van der Waals surface area contributed by atoms with Gasteiger partial charge in [-0.2, -0.15) is 0 Å². The van der Waals surface area contributed by atoms with Crippen molar-refractivity contribution < 1.29 is 18.7 Å². The summed E-state index contributed by atoms with van der Waals surface area (Å²) in [6.07, 6.45) is 0.989. The van der Waals surface area contributed by atoms with Gasteiger partial charge in [-0.1, -0.05) is 42.5 Å². The number of benzene rings is 2. The lowest BCUT2D eigenvalue weighted by molar-refractivity contribution is -0.128. The van der Waals surface area contributed by atoms with Crippen LogP contribution >= 0.6 is 0 Å². The molecule has 2 amide bonds. The number of ether oxygens (including phenoxy) is 1. The number of carbonyl (C=O) groups is 2. The van der Waals surface area contributed by atoms with Crippen LogP contribution in [0.5, 0.6) is 5.75 Å². The van der Waals surface area contributed by atoms with E-state index in [1.165, 1.54) is 4.90 Å². The molecule has 0 spiro atoms. The number of hydrogen-bond donors (Lipinski definition) is 1. The molecule has 2 heterocycles. The highest BCUT2D eigenvalue weighted by molar-refractivity contribution is 6.03. The number of anilines is 1. The van der Waals surface area contributed by atoms with Crippen molar-refractivity contribution in [3.8, 4) is 17.1 Å². The highest BCUT2D eigenvalue weighted by Crippen LogP contribution is 2.33. The zero-order valence-corrected chi connectivity index (χ0v) is 15.3. The predicted octanol–water partition coefficient (Wildman–Crippen LogP) is 2.77. The summed E-state index contributed by atoms with van der Waals surface area (Å²) in [7, 11) is 0. The number of carbonyl (C=O) groups excluding carboxylic acids is 2. The lowest BCUT2D eigenvalue weighted by Crippen LogP contribution is -2.48. The summed E-state index contributed by atoms with van der Waals surface area (Å²) in [5, 5.41) is 2.75. The monoisotopic (exact) mass is 377 g/mol. The van der Waals surface area contributed by atoms with Crippen LogP contribution in [0.4, 0.5) is 5.69 Å². The molecule has 0 saturated carbocycles. The van der Waals surface area contributed by atoms with Crippen molar-refractivity contribution in [1.29, 1.82) is 0 Å². The van der Waals surface area contributed by atoms with Crippen molar-refractivity contribution in [2.45, 2.75) is 19.6 Å². The third-order valence-electron chi connectivity index (χ3n) is 4.42. The van der Waals surface area contributed by atoms with E-state index in [2.05, 4.69) is 10.3 Å². The third kappa shape index (κ3) is 3.59. The van der Waals surface area contributed by atoms with Crippen molar-refractivity contribution in [2.75, 3.05) is 11.4 Å². The smallest absolute Gasteiger partial charge is 0.268 e. The lowest BCUT2D eigenvalue weighted by atomic mass is 10.2. The first-order valence-corrected chi connectivity index (χ1v) is 8.95. The SMILES string of the molecule is CC1Oc2ccccc2N(CC(=O)NCc2ncc(-c3ccccc3)o2)C1=O. The van der Waals surface area contributed by atoms with Crippen molar-refractivity contribution in [3.05, 3.63) is 66.7 Å². The maximum absolute atomic E-state index is 12.4. The van der Waals surface area contributed by atoms with E-state index in [4.69, 9.17) is 9.15 Å². The van der Waals surface area contributed by atoms with Crippen LogP contribution in [0.15, 0.2) is 65.2 Å². The fourth-order valence-corrected chi connectivity index (χ4v) is 3.02. The number of rotatable bonds is 5. The Labute approximate surface area is 161 Å². The molecule has 4 rings (SSSR count). The Bertz CT molecular complexity index is 1000. The summed E-state index contributed by atoms with van der Waals surface area (Å²) in [5.74, 6) is 1.06. The normalized spacial score (nSPS) is 15.7. The molecule has 1 N–H and O–H groups in total. The number of aromatic nitrogens is 1. The molecule has 0 aliphatic carbocycles. The van der Waals surface area contributed by atoms with Gasteiger partial charge >= 0.3 is 0 Å². The molecule has 0 saturated heterocycles. The van der Waals surface area contributed by atoms with E-state index in [9.17, 15) is 9.59 Å². The zero-order chi connectivity index (χ0) is 19.5. The molecule has 2 aromatic carbocycles. The predicted molar refractivity (Wildman–Crippen MR) is 103 cm³/mol. The first-order valence-electron chi connectivity index (χ1n) is 8.95. The van der Waals surface area contributed by atoms with Gasteiger partial charge in [-0.15, -0.1) is 0 Å².